The highest BCUT2D eigenvalue weighted by atomic mass is 16.3. The predicted octanol–water partition coefficient (Wildman–Crippen LogP) is 1.57. The Bertz CT molecular complexity index is 1190. The van der Waals surface area contributed by atoms with Crippen LogP contribution in [0.3, 0.4) is 0 Å². The van der Waals surface area contributed by atoms with E-state index in [1.807, 2.05) is 56.0 Å². The van der Waals surface area contributed by atoms with Gasteiger partial charge in [0.25, 0.3) is 0 Å². The van der Waals surface area contributed by atoms with Crippen molar-refractivity contribution in [2.75, 3.05) is 23.3 Å². The predicted molar refractivity (Wildman–Crippen MR) is 128 cm³/mol. The lowest BCUT2D eigenvalue weighted by Crippen LogP contribution is -2.71. The minimum absolute atomic E-state index is 0.113. The fourth-order valence-corrected chi connectivity index (χ4v) is 4.69. The van der Waals surface area contributed by atoms with E-state index in [0.29, 0.717) is 35.9 Å². The van der Waals surface area contributed by atoms with E-state index in [2.05, 4.69) is 35.9 Å². The molecule has 1 saturated heterocycles. The van der Waals surface area contributed by atoms with Gasteiger partial charge < -0.3 is 15.3 Å². The maximum Gasteiger partial charge on any atom is 0.233 e. The Morgan fingerprint density at radius 1 is 1.15 bits per heavy atom. The van der Waals surface area contributed by atoms with Crippen LogP contribution in [0.25, 0.3) is 11.3 Å². The zero-order valence-electron chi connectivity index (χ0n) is 19.4. The number of anilines is 2. The molecule has 3 aromatic rings. The van der Waals surface area contributed by atoms with Crippen LogP contribution in [-0.2, 0) is 10.5 Å². The molecule has 2 unspecified atom stereocenters. The molecule has 10 heteroatoms. The van der Waals surface area contributed by atoms with Gasteiger partial charge in [-0.15, -0.1) is 0 Å². The zero-order valence-corrected chi connectivity index (χ0v) is 19.4. The van der Waals surface area contributed by atoms with Crippen molar-refractivity contribution in [3.05, 3.63) is 60.3 Å². The first-order valence-corrected chi connectivity index (χ1v) is 11.4. The van der Waals surface area contributed by atoms with Crippen LogP contribution in [0.4, 0.5) is 11.6 Å². The fraction of sp³-hybridized carbons (Fsp3) is 0.375. The van der Waals surface area contributed by atoms with Crippen molar-refractivity contribution in [3.63, 3.8) is 0 Å². The lowest BCUT2D eigenvalue weighted by Gasteiger charge is -2.50. The topological polar surface area (TPSA) is 128 Å². The van der Waals surface area contributed by atoms with E-state index in [1.54, 1.807) is 6.20 Å². The van der Waals surface area contributed by atoms with Crippen LogP contribution in [0.2, 0.25) is 0 Å². The second kappa shape index (κ2) is 8.71. The molecule has 0 saturated carbocycles. The van der Waals surface area contributed by atoms with Crippen LogP contribution >= 0.6 is 0 Å². The van der Waals surface area contributed by atoms with E-state index in [-0.39, 0.29) is 11.9 Å². The Kier molecular flexibility index (Phi) is 5.72. The van der Waals surface area contributed by atoms with Gasteiger partial charge in [0.1, 0.15) is 30.5 Å². The van der Waals surface area contributed by atoms with Crippen LogP contribution in [0, 0.1) is 0 Å². The van der Waals surface area contributed by atoms with Crippen LogP contribution in [0.5, 0.6) is 0 Å². The SMILES string of the molecule is CC(C)NC1NCCN(c2ncnc3c2C(C)C(=O)N3)[C@@]1(O)c1ccc(-c2ccncn2)cc1. The molecule has 1 fully saturated rings. The standard InChI is InChI=1S/C24H28N8O2/c1-14(2)30-23-24(34,17-6-4-16(5-7-17)18-8-9-25-12-27-18)32(11-10-26-23)21-19-15(3)22(33)31-20(19)28-13-29-21/h4-9,12-15,23,26,30,34H,10-11H2,1-3H3,(H,28,29,31,33)/t15?,23?,24-/m1/s1. The number of carbonyl (C=O) groups excluding carboxylic acids is 1. The largest absolute Gasteiger partial charge is 0.364 e. The lowest BCUT2D eigenvalue weighted by atomic mass is 9.92. The number of nitrogens with one attached hydrogen (secondary N) is 3. The van der Waals surface area contributed by atoms with Crippen LogP contribution in [0.15, 0.2) is 49.2 Å². The highest BCUT2D eigenvalue weighted by molar-refractivity contribution is 6.03. The van der Waals surface area contributed by atoms with Crippen LogP contribution in [-0.4, -0.2) is 56.2 Å². The van der Waals surface area contributed by atoms with Gasteiger partial charge in [-0.1, -0.05) is 24.3 Å². The molecule has 34 heavy (non-hydrogen) atoms. The normalized spacial score (nSPS) is 24.3. The van der Waals surface area contributed by atoms with Gasteiger partial charge in [0.15, 0.2) is 5.72 Å². The molecule has 2 aliphatic heterocycles. The quantitative estimate of drug-likeness (QED) is 0.448. The number of aliphatic hydroxyl groups is 1. The number of carbonyl (C=O) groups is 1. The molecule has 1 amide bonds. The van der Waals surface area contributed by atoms with Crippen molar-refractivity contribution >= 4 is 17.5 Å². The lowest BCUT2D eigenvalue weighted by molar-refractivity contribution is -0.116. The van der Waals surface area contributed by atoms with Crippen molar-refractivity contribution in [1.82, 2.24) is 30.6 Å². The van der Waals surface area contributed by atoms with E-state index >= 15 is 0 Å². The Morgan fingerprint density at radius 2 is 1.94 bits per heavy atom. The van der Waals surface area contributed by atoms with Crippen molar-refractivity contribution in [2.24, 2.45) is 0 Å². The van der Waals surface area contributed by atoms with Crippen LogP contribution in [0.1, 0.15) is 37.8 Å². The third kappa shape index (κ3) is 3.69. The summed E-state index contributed by atoms with van der Waals surface area (Å²) >= 11 is 0. The van der Waals surface area contributed by atoms with Gasteiger partial charge in [0.2, 0.25) is 5.91 Å². The maximum atomic E-state index is 12.4. The Morgan fingerprint density at radius 3 is 2.65 bits per heavy atom. The number of hydrogen-bond acceptors (Lipinski definition) is 9. The van der Waals surface area contributed by atoms with Crippen molar-refractivity contribution < 1.29 is 9.90 Å². The van der Waals surface area contributed by atoms with E-state index in [1.165, 1.54) is 12.7 Å². The van der Waals surface area contributed by atoms with Gasteiger partial charge in [0, 0.05) is 42.0 Å². The molecular formula is C24H28N8O2. The summed E-state index contributed by atoms with van der Waals surface area (Å²) in [4.78, 5) is 31.4. The molecular weight excluding hydrogens is 432 g/mol. The summed E-state index contributed by atoms with van der Waals surface area (Å²) in [5.41, 5.74) is 1.63. The van der Waals surface area contributed by atoms with Crippen LogP contribution < -0.4 is 20.9 Å². The molecule has 10 nitrogen and oxygen atoms in total. The fourth-order valence-electron chi connectivity index (χ4n) is 4.69. The van der Waals surface area contributed by atoms with Gasteiger partial charge in [0.05, 0.1) is 11.6 Å². The summed E-state index contributed by atoms with van der Waals surface area (Å²) in [5, 5.41) is 22.1. The first-order valence-electron chi connectivity index (χ1n) is 11.4. The second-order valence-electron chi connectivity index (χ2n) is 8.93. The highest BCUT2D eigenvalue weighted by Crippen LogP contribution is 2.42. The molecule has 176 valence electrons. The highest BCUT2D eigenvalue weighted by Gasteiger charge is 2.49. The number of amides is 1. The number of aromatic nitrogens is 4. The van der Waals surface area contributed by atoms with E-state index < -0.39 is 17.8 Å². The molecule has 0 radical (unpaired) electrons. The second-order valence-corrected chi connectivity index (χ2v) is 8.93. The van der Waals surface area contributed by atoms with E-state index in [0.717, 1.165) is 11.3 Å². The van der Waals surface area contributed by atoms with Crippen molar-refractivity contribution in [2.45, 2.75) is 44.6 Å². The zero-order chi connectivity index (χ0) is 23.9. The molecule has 0 bridgehead atoms. The molecule has 5 rings (SSSR count). The van der Waals surface area contributed by atoms with Crippen molar-refractivity contribution in [3.8, 4) is 11.3 Å². The molecule has 3 atom stereocenters. The Balaban J connectivity index is 1.61. The summed E-state index contributed by atoms with van der Waals surface area (Å²) in [5.74, 6) is 0.509. The molecule has 4 heterocycles. The van der Waals surface area contributed by atoms with E-state index in [9.17, 15) is 9.90 Å². The minimum atomic E-state index is -1.49. The maximum absolute atomic E-state index is 12.4. The summed E-state index contributed by atoms with van der Waals surface area (Å²) in [6.07, 6.45) is 4.15. The van der Waals surface area contributed by atoms with Crippen molar-refractivity contribution in [1.29, 1.82) is 0 Å². The van der Waals surface area contributed by atoms with Gasteiger partial charge in [-0.05, 0) is 26.8 Å². The summed E-state index contributed by atoms with van der Waals surface area (Å²) in [6.45, 7) is 7.01. The Labute approximate surface area is 197 Å². The monoisotopic (exact) mass is 460 g/mol. The average Bonchev–Trinajstić information content (AvgIpc) is 3.14. The number of fused-ring (bicyclic) bond motifs is 1. The first kappa shape index (κ1) is 22.3. The number of benzene rings is 1. The summed E-state index contributed by atoms with van der Waals surface area (Å²) in [7, 11) is 0. The smallest absolute Gasteiger partial charge is 0.233 e. The molecule has 4 N–H and O–H groups in total. The number of nitrogens with zero attached hydrogens (tertiary/aromatic N) is 5. The molecule has 2 aromatic heterocycles. The molecule has 1 aromatic carbocycles. The number of hydrogen-bond donors (Lipinski definition) is 4. The first-order chi connectivity index (χ1) is 16.4. The molecule has 0 spiro atoms. The minimum Gasteiger partial charge on any atom is -0.364 e. The Hall–Kier alpha value is -3.47. The summed E-state index contributed by atoms with van der Waals surface area (Å²) in [6, 6.07) is 9.64. The number of piperazine rings is 1. The third-order valence-corrected chi connectivity index (χ3v) is 6.37. The molecule has 2 aliphatic rings. The van der Waals surface area contributed by atoms with Gasteiger partial charge in [-0.25, -0.2) is 19.9 Å². The summed E-state index contributed by atoms with van der Waals surface area (Å²) < 4.78 is 0. The third-order valence-electron chi connectivity index (χ3n) is 6.37. The van der Waals surface area contributed by atoms with E-state index in [4.69, 9.17) is 0 Å². The van der Waals surface area contributed by atoms with Gasteiger partial charge in [-0.2, -0.15) is 0 Å². The number of rotatable bonds is 5. The van der Waals surface area contributed by atoms with Gasteiger partial charge >= 0.3 is 0 Å². The average molecular weight is 461 g/mol. The molecule has 0 aliphatic carbocycles. The van der Waals surface area contributed by atoms with Gasteiger partial charge in [-0.3, -0.25) is 15.4 Å².